The molecular formula is C12H23NO3Si. The van der Waals surface area contributed by atoms with Crippen LogP contribution in [0.4, 0.5) is 4.79 Å². The van der Waals surface area contributed by atoms with Crippen LogP contribution in [0, 0.1) is 0 Å². The summed E-state index contributed by atoms with van der Waals surface area (Å²) < 4.78 is 11.1. The van der Waals surface area contributed by atoms with Gasteiger partial charge in [0.05, 0.1) is 12.6 Å². The summed E-state index contributed by atoms with van der Waals surface area (Å²) in [6, 6.07) is -0.117. The number of carbonyl (C=O) groups excluding carboxylic acids is 1. The second-order valence-electron chi connectivity index (χ2n) is 5.93. The number of rotatable bonds is 4. The molecule has 98 valence electrons. The summed E-state index contributed by atoms with van der Waals surface area (Å²) in [4.78, 5) is 11.1. The average molecular weight is 257 g/mol. The number of amides is 1. The highest BCUT2D eigenvalue weighted by atomic mass is 28.4. The largest absolute Gasteiger partial charge is 0.440 e. The minimum absolute atomic E-state index is 0.117. The molecule has 1 amide bonds. The van der Waals surface area contributed by atoms with E-state index in [0.717, 1.165) is 0 Å². The number of nitrogens with one attached hydrogen (secondary N) is 1. The quantitative estimate of drug-likeness (QED) is 0.622. The van der Waals surface area contributed by atoms with Gasteiger partial charge in [0.1, 0.15) is 6.10 Å². The summed E-state index contributed by atoms with van der Waals surface area (Å²) in [5.41, 5.74) is 0. The van der Waals surface area contributed by atoms with Crippen molar-refractivity contribution >= 4 is 14.4 Å². The number of alkyl carbamates (subject to hydrolysis) is 1. The van der Waals surface area contributed by atoms with Gasteiger partial charge in [-0.25, -0.2) is 4.79 Å². The number of hydrogen-bond acceptors (Lipinski definition) is 3. The molecule has 0 unspecified atom stereocenters. The first-order valence-corrected chi connectivity index (χ1v) is 8.82. The second kappa shape index (κ2) is 4.82. The van der Waals surface area contributed by atoms with E-state index in [9.17, 15) is 4.79 Å². The lowest BCUT2D eigenvalue weighted by molar-refractivity contribution is 0.144. The van der Waals surface area contributed by atoms with Crippen molar-refractivity contribution in [3.05, 3.63) is 12.7 Å². The van der Waals surface area contributed by atoms with Crippen molar-refractivity contribution in [2.24, 2.45) is 0 Å². The van der Waals surface area contributed by atoms with E-state index < -0.39 is 14.4 Å². The predicted octanol–water partition coefficient (Wildman–Crippen LogP) is 2.67. The average Bonchev–Trinajstić information content (AvgIpc) is 2.54. The maximum absolute atomic E-state index is 11.1. The standard InChI is InChI=1S/C12H23NO3Si/c1-7-10-9(13-11(14)16-10)8-15-17(5,6)12(2,3)4/h7,9-10H,1,8H2,2-6H3,(H,13,14)/t9-,10-/m1/s1. The van der Waals surface area contributed by atoms with Crippen molar-refractivity contribution in [2.75, 3.05) is 6.61 Å². The van der Waals surface area contributed by atoms with Gasteiger partial charge >= 0.3 is 6.09 Å². The molecule has 0 aromatic carbocycles. The van der Waals surface area contributed by atoms with Crippen molar-refractivity contribution in [3.63, 3.8) is 0 Å². The first-order chi connectivity index (χ1) is 7.67. The zero-order valence-corrected chi connectivity index (χ0v) is 12.4. The minimum atomic E-state index is -1.78. The Bertz CT molecular complexity index is 309. The molecule has 2 atom stereocenters. The van der Waals surface area contributed by atoms with Crippen LogP contribution in [0.3, 0.4) is 0 Å². The fourth-order valence-corrected chi connectivity index (χ4v) is 2.37. The van der Waals surface area contributed by atoms with Gasteiger partial charge in [-0.3, -0.25) is 0 Å². The van der Waals surface area contributed by atoms with Gasteiger partial charge in [-0.05, 0) is 24.2 Å². The van der Waals surface area contributed by atoms with Crippen molar-refractivity contribution in [2.45, 2.75) is 51.0 Å². The molecule has 1 saturated heterocycles. The van der Waals surface area contributed by atoms with Crippen LogP contribution in [0.5, 0.6) is 0 Å². The SMILES string of the molecule is C=C[C@H]1OC(=O)N[C@@H]1CO[Si](C)(C)C(C)(C)C. The Morgan fingerprint density at radius 2 is 2.12 bits per heavy atom. The first-order valence-electron chi connectivity index (χ1n) is 5.91. The third kappa shape index (κ3) is 3.32. The fourth-order valence-electron chi connectivity index (χ4n) is 1.34. The van der Waals surface area contributed by atoms with Crippen LogP contribution >= 0.6 is 0 Å². The highest BCUT2D eigenvalue weighted by molar-refractivity contribution is 6.74. The predicted molar refractivity (Wildman–Crippen MR) is 70.5 cm³/mol. The molecule has 1 fully saturated rings. The maximum atomic E-state index is 11.1. The van der Waals surface area contributed by atoms with Crippen molar-refractivity contribution in [1.82, 2.24) is 5.32 Å². The monoisotopic (exact) mass is 257 g/mol. The van der Waals surface area contributed by atoms with Crippen molar-refractivity contribution in [1.29, 1.82) is 0 Å². The smallest absolute Gasteiger partial charge is 0.408 e. The van der Waals surface area contributed by atoms with Crippen LogP contribution in [-0.2, 0) is 9.16 Å². The molecule has 0 aromatic heterocycles. The summed E-state index contributed by atoms with van der Waals surface area (Å²) >= 11 is 0. The van der Waals surface area contributed by atoms with Crippen molar-refractivity contribution in [3.8, 4) is 0 Å². The van der Waals surface area contributed by atoms with E-state index in [2.05, 4.69) is 45.8 Å². The lowest BCUT2D eigenvalue weighted by Crippen LogP contribution is -2.45. The molecule has 1 aliphatic heterocycles. The van der Waals surface area contributed by atoms with E-state index >= 15 is 0 Å². The van der Waals surface area contributed by atoms with Gasteiger partial charge in [-0.15, -0.1) is 0 Å². The van der Waals surface area contributed by atoms with Crippen LogP contribution in [0.25, 0.3) is 0 Å². The summed E-state index contributed by atoms with van der Waals surface area (Å²) in [6.07, 6.45) is 0.961. The maximum Gasteiger partial charge on any atom is 0.408 e. The Labute approximate surface area is 105 Å². The molecule has 0 spiro atoms. The number of ether oxygens (including phenoxy) is 1. The molecule has 17 heavy (non-hydrogen) atoms. The van der Waals surface area contributed by atoms with Crippen LogP contribution in [0.1, 0.15) is 20.8 Å². The van der Waals surface area contributed by atoms with Gasteiger partial charge in [0.2, 0.25) is 0 Å². The summed E-state index contributed by atoms with van der Waals surface area (Å²) in [5.74, 6) is 0. The number of hydrogen-bond donors (Lipinski definition) is 1. The normalized spacial score (nSPS) is 25.4. The number of carbonyl (C=O) groups is 1. The van der Waals surface area contributed by atoms with Crippen LogP contribution < -0.4 is 5.32 Å². The van der Waals surface area contributed by atoms with E-state index in [1.807, 2.05) is 0 Å². The van der Waals surface area contributed by atoms with E-state index in [4.69, 9.17) is 9.16 Å². The lowest BCUT2D eigenvalue weighted by atomic mass is 10.2. The first kappa shape index (κ1) is 14.2. The van der Waals surface area contributed by atoms with Crippen LogP contribution in [-0.4, -0.2) is 33.2 Å². The Kier molecular flexibility index (Phi) is 4.04. The van der Waals surface area contributed by atoms with Gasteiger partial charge < -0.3 is 14.5 Å². The van der Waals surface area contributed by atoms with E-state index in [1.165, 1.54) is 0 Å². The van der Waals surface area contributed by atoms with Crippen molar-refractivity contribution < 1.29 is 14.0 Å². The minimum Gasteiger partial charge on any atom is -0.440 e. The molecule has 0 saturated carbocycles. The summed E-state index contributed by atoms with van der Waals surface area (Å²) in [7, 11) is -1.78. The number of cyclic esters (lactones) is 1. The third-order valence-electron chi connectivity index (χ3n) is 3.61. The molecule has 0 aromatic rings. The Balaban J connectivity index is 2.56. The van der Waals surface area contributed by atoms with Gasteiger partial charge in [-0.2, -0.15) is 0 Å². The molecule has 0 aliphatic carbocycles. The fraction of sp³-hybridized carbons (Fsp3) is 0.750. The zero-order valence-electron chi connectivity index (χ0n) is 11.4. The van der Waals surface area contributed by atoms with Gasteiger partial charge in [0, 0.05) is 0 Å². The molecule has 1 heterocycles. The Hall–Kier alpha value is -0.813. The topological polar surface area (TPSA) is 47.6 Å². The molecular weight excluding hydrogens is 234 g/mol. The summed E-state index contributed by atoms with van der Waals surface area (Å²) in [6.45, 7) is 15.1. The highest BCUT2D eigenvalue weighted by Crippen LogP contribution is 2.36. The molecule has 1 rings (SSSR count). The van der Waals surface area contributed by atoms with E-state index in [0.29, 0.717) is 6.61 Å². The molecule has 4 nitrogen and oxygen atoms in total. The highest BCUT2D eigenvalue weighted by Gasteiger charge is 2.40. The Morgan fingerprint density at radius 1 is 1.53 bits per heavy atom. The molecule has 0 radical (unpaired) electrons. The Morgan fingerprint density at radius 3 is 2.59 bits per heavy atom. The molecule has 1 N–H and O–H groups in total. The van der Waals surface area contributed by atoms with Crippen LogP contribution in [0.2, 0.25) is 18.1 Å². The third-order valence-corrected chi connectivity index (χ3v) is 8.11. The van der Waals surface area contributed by atoms with E-state index in [-0.39, 0.29) is 17.2 Å². The van der Waals surface area contributed by atoms with Gasteiger partial charge in [0.25, 0.3) is 0 Å². The molecule has 1 aliphatic rings. The zero-order chi connectivity index (χ0) is 13.3. The summed E-state index contributed by atoms with van der Waals surface area (Å²) in [5, 5.41) is 2.91. The van der Waals surface area contributed by atoms with Crippen LogP contribution in [0.15, 0.2) is 12.7 Å². The van der Waals surface area contributed by atoms with Gasteiger partial charge in [-0.1, -0.05) is 27.4 Å². The van der Waals surface area contributed by atoms with Gasteiger partial charge in [0.15, 0.2) is 8.32 Å². The molecule has 0 bridgehead atoms. The lowest BCUT2D eigenvalue weighted by Gasteiger charge is -2.37. The van der Waals surface area contributed by atoms with E-state index in [1.54, 1.807) is 6.08 Å². The molecule has 5 heteroatoms. The second-order valence-corrected chi connectivity index (χ2v) is 10.7.